The molecule has 1 fully saturated rings. The zero-order chi connectivity index (χ0) is 16.4. The molecule has 0 N–H and O–H groups in total. The molecule has 0 aliphatic carbocycles. The summed E-state index contributed by atoms with van der Waals surface area (Å²) >= 11 is -11.1. The second-order valence-electron chi connectivity index (χ2n) is 4.74. The van der Waals surface area contributed by atoms with Crippen molar-refractivity contribution in [2.75, 3.05) is 18.0 Å². The fourth-order valence-electron chi connectivity index (χ4n) is 1.94. The average Bonchev–Trinajstić information content (AvgIpc) is 2.77. The van der Waals surface area contributed by atoms with Gasteiger partial charge in [0.15, 0.2) is 4.98 Å². The van der Waals surface area contributed by atoms with Crippen LogP contribution in [0.15, 0.2) is 18.2 Å². The van der Waals surface area contributed by atoms with Crippen LogP contribution in [0.5, 0.6) is 0 Å². The number of nitrogens with zero attached hydrogens (tertiary/aromatic N) is 3. The van der Waals surface area contributed by atoms with Gasteiger partial charge >= 0.3 is 40.7 Å². The molecule has 0 amide bonds. The summed E-state index contributed by atoms with van der Waals surface area (Å²) in [5.74, 6) is 0. The Balaban J connectivity index is 0.000000270. The summed E-state index contributed by atoms with van der Waals surface area (Å²) in [5, 5.41) is 8.90. The van der Waals surface area contributed by atoms with E-state index in [0.29, 0.717) is 5.69 Å². The quantitative estimate of drug-likeness (QED) is 0.382. The SMILES string of the molecule is Cc1ccc(N2CCCC2)c([N+]#N)c1.F[As-](F)(F)(F)(F)F. The number of anilines is 1. The van der Waals surface area contributed by atoms with Crippen LogP contribution < -0.4 is 4.90 Å². The number of aryl methyl sites for hydroxylation is 1. The van der Waals surface area contributed by atoms with Gasteiger partial charge in [0.2, 0.25) is 5.39 Å². The number of rotatable bonds is 1. The Hall–Kier alpha value is -1.42. The van der Waals surface area contributed by atoms with Crippen molar-refractivity contribution in [3.8, 4) is 0 Å². The molecule has 1 aliphatic rings. The van der Waals surface area contributed by atoms with Crippen molar-refractivity contribution in [2.45, 2.75) is 19.8 Å². The maximum atomic E-state index is 9.91. The van der Waals surface area contributed by atoms with Gasteiger partial charge in [-0.2, -0.15) is 0 Å². The van der Waals surface area contributed by atoms with Gasteiger partial charge in [-0.15, -0.1) is 0 Å². The summed E-state index contributed by atoms with van der Waals surface area (Å²) in [5.41, 5.74) is 2.86. The Morgan fingerprint density at radius 2 is 1.52 bits per heavy atom. The Bertz CT molecular complexity index is 546. The number of hydrogen-bond donors (Lipinski definition) is 0. The van der Waals surface area contributed by atoms with Crippen molar-refractivity contribution in [1.82, 2.24) is 0 Å². The van der Waals surface area contributed by atoms with E-state index in [0.717, 1.165) is 24.3 Å². The van der Waals surface area contributed by atoms with Crippen molar-refractivity contribution in [1.29, 1.82) is 5.39 Å². The van der Waals surface area contributed by atoms with Crippen molar-refractivity contribution in [3.63, 3.8) is 0 Å². The third kappa shape index (κ3) is 8.45. The van der Waals surface area contributed by atoms with E-state index in [1.165, 1.54) is 12.8 Å². The molecule has 0 radical (unpaired) electrons. The van der Waals surface area contributed by atoms with E-state index in [-0.39, 0.29) is 0 Å². The zero-order valence-corrected chi connectivity index (χ0v) is 13.0. The molecule has 0 saturated carbocycles. The number of halogens is 6. The summed E-state index contributed by atoms with van der Waals surface area (Å²) < 4.78 is 59.4. The van der Waals surface area contributed by atoms with E-state index >= 15 is 0 Å². The third-order valence-corrected chi connectivity index (χ3v) is 2.69. The topological polar surface area (TPSA) is 31.4 Å². The summed E-state index contributed by atoms with van der Waals surface area (Å²) in [6.07, 6.45) is 2.47. The molecule has 1 aliphatic heterocycles. The molecule has 0 atom stereocenters. The van der Waals surface area contributed by atoms with Gasteiger partial charge in [-0.1, -0.05) is 6.07 Å². The molecule has 1 saturated heterocycles. The number of hydrogen-bond acceptors (Lipinski definition) is 2. The van der Waals surface area contributed by atoms with Crippen LogP contribution >= 0.6 is 0 Å². The van der Waals surface area contributed by atoms with Crippen LogP contribution in [0.2, 0.25) is 0 Å². The number of benzene rings is 1. The van der Waals surface area contributed by atoms with Crippen LogP contribution in [-0.4, -0.2) is 27.3 Å². The first-order valence-electron chi connectivity index (χ1n) is 6.03. The fraction of sp³-hybridized carbons (Fsp3) is 0.455. The van der Waals surface area contributed by atoms with E-state index in [4.69, 9.17) is 5.39 Å². The van der Waals surface area contributed by atoms with Crippen LogP contribution in [0.4, 0.5) is 32.2 Å². The number of diazo groups is 1. The monoisotopic (exact) mass is 377 g/mol. The van der Waals surface area contributed by atoms with Crippen LogP contribution in [-0.2, 0) is 0 Å². The summed E-state index contributed by atoms with van der Waals surface area (Å²) in [7, 11) is 0. The van der Waals surface area contributed by atoms with Gasteiger partial charge in [0.05, 0.1) is 0 Å². The summed E-state index contributed by atoms with van der Waals surface area (Å²) in [6.45, 7) is 4.15. The first-order valence-corrected chi connectivity index (χ1v) is 10.3. The van der Waals surface area contributed by atoms with Gasteiger partial charge in [-0.05, 0) is 31.4 Å². The van der Waals surface area contributed by atoms with Crippen molar-refractivity contribution in [2.24, 2.45) is 0 Å². The van der Waals surface area contributed by atoms with E-state index < -0.39 is 14.2 Å². The van der Waals surface area contributed by atoms with Gasteiger partial charge in [0, 0.05) is 19.2 Å². The maximum absolute atomic E-state index is 11.1. The molecule has 0 bridgehead atoms. The predicted molar refractivity (Wildman–Crippen MR) is 69.8 cm³/mol. The van der Waals surface area contributed by atoms with Gasteiger partial charge in [-0.25, -0.2) is 0 Å². The van der Waals surface area contributed by atoms with Crippen LogP contribution in [0.3, 0.4) is 0 Å². The minimum atomic E-state index is -11.1. The van der Waals surface area contributed by atoms with Crippen molar-refractivity contribution >= 4 is 25.5 Å². The molecule has 2 rings (SSSR count). The van der Waals surface area contributed by atoms with E-state index in [2.05, 4.69) is 15.9 Å². The normalized spacial score (nSPS) is 18.1. The van der Waals surface area contributed by atoms with Crippen molar-refractivity contribution in [3.05, 3.63) is 28.7 Å². The Labute approximate surface area is 119 Å². The standard InChI is InChI=1S/C11H14N3.AsF6/c1-9-4-5-11(10(8-9)13-12)14-6-2-3-7-14;2-1(3,4,5,6)7/h4-5,8H,2-3,6-7H2,1H3;/q+1;-1. The first-order chi connectivity index (χ1) is 9.26. The van der Waals surface area contributed by atoms with Gasteiger partial charge in [-0.3, -0.25) is 0 Å². The van der Waals surface area contributed by atoms with Crippen LogP contribution in [0.1, 0.15) is 18.4 Å². The molecule has 1 heterocycles. The van der Waals surface area contributed by atoms with E-state index in [1.54, 1.807) is 0 Å². The molecule has 10 heteroatoms. The molecule has 1 aromatic rings. The van der Waals surface area contributed by atoms with Crippen molar-refractivity contribution < 1.29 is 20.8 Å². The molecule has 1 aromatic carbocycles. The van der Waals surface area contributed by atoms with E-state index in [9.17, 15) is 20.8 Å². The second-order valence-corrected chi connectivity index (χ2v) is 8.77. The van der Waals surface area contributed by atoms with Gasteiger partial charge < -0.3 is 4.90 Å². The Kier molecular flexibility index (Phi) is 4.27. The molecular formula is C11H14AsF6N3. The molecular weight excluding hydrogens is 363 g/mol. The molecule has 21 heavy (non-hydrogen) atoms. The van der Waals surface area contributed by atoms with Crippen LogP contribution in [0.25, 0.3) is 4.98 Å². The zero-order valence-electron chi connectivity index (χ0n) is 11.1. The molecule has 0 aromatic heterocycles. The Morgan fingerprint density at radius 3 is 1.95 bits per heavy atom. The third-order valence-electron chi connectivity index (χ3n) is 2.69. The molecule has 0 spiro atoms. The van der Waals surface area contributed by atoms with Gasteiger partial charge in [0.1, 0.15) is 5.69 Å². The minimum absolute atomic E-state index is 0.687. The predicted octanol–water partition coefficient (Wildman–Crippen LogP) is 5.22. The van der Waals surface area contributed by atoms with E-state index in [1.807, 2.05) is 19.1 Å². The molecule has 3 nitrogen and oxygen atoms in total. The average molecular weight is 377 g/mol. The van der Waals surface area contributed by atoms with Gasteiger partial charge in [0.25, 0.3) is 0 Å². The van der Waals surface area contributed by atoms with Crippen LogP contribution in [0, 0.1) is 12.3 Å². The Morgan fingerprint density at radius 1 is 1.05 bits per heavy atom. The molecule has 120 valence electrons. The first kappa shape index (κ1) is 17.6. The second kappa shape index (κ2) is 5.09. The fourth-order valence-corrected chi connectivity index (χ4v) is 1.94. The molecule has 0 unspecified atom stereocenters. The summed E-state index contributed by atoms with van der Waals surface area (Å²) in [6, 6.07) is 6.01. The summed E-state index contributed by atoms with van der Waals surface area (Å²) in [4.78, 5) is 5.61.